The molecule has 6 heteroatoms. The average molecular weight is 249 g/mol. The van der Waals surface area contributed by atoms with Crippen LogP contribution in [0.25, 0.3) is 11.4 Å². The molecule has 1 aromatic heterocycles. The van der Waals surface area contributed by atoms with Crippen LogP contribution < -0.4 is 5.73 Å². The second kappa shape index (κ2) is 5.12. The van der Waals surface area contributed by atoms with E-state index in [0.29, 0.717) is 29.5 Å². The third-order valence-corrected chi connectivity index (χ3v) is 2.68. The van der Waals surface area contributed by atoms with Crippen molar-refractivity contribution < 1.29 is 4.39 Å². The van der Waals surface area contributed by atoms with Crippen molar-refractivity contribution in [2.75, 3.05) is 5.73 Å². The summed E-state index contributed by atoms with van der Waals surface area (Å²) in [6.45, 7) is 4.91. The molecule has 5 nitrogen and oxygen atoms in total. The number of nitrogens with zero attached hydrogens (tertiary/aromatic N) is 4. The molecule has 0 aliphatic heterocycles. The van der Waals surface area contributed by atoms with E-state index in [1.54, 1.807) is 16.8 Å². The number of benzene rings is 1. The van der Waals surface area contributed by atoms with E-state index in [-0.39, 0.29) is 0 Å². The van der Waals surface area contributed by atoms with Crippen LogP contribution in [0.4, 0.5) is 10.1 Å². The second-order valence-electron chi connectivity index (χ2n) is 4.65. The van der Waals surface area contributed by atoms with Gasteiger partial charge in [-0.3, -0.25) is 0 Å². The molecule has 2 aromatic rings. The van der Waals surface area contributed by atoms with Gasteiger partial charge >= 0.3 is 0 Å². The van der Waals surface area contributed by atoms with Gasteiger partial charge in [-0.1, -0.05) is 13.8 Å². The largest absolute Gasteiger partial charge is 0.399 e. The summed E-state index contributed by atoms with van der Waals surface area (Å²) in [4.78, 5) is 0. The molecule has 0 amide bonds. The summed E-state index contributed by atoms with van der Waals surface area (Å²) in [5.41, 5.74) is 6.28. The molecule has 0 saturated carbocycles. The van der Waals surface area contributed by atoms with Gasteiger partial charge in [0.15, 0.2) is 5.82 Å². The van der Waals surface area contributed by atoms with Gasteiger partial charge in [-0.15, -0.1) is 5.10 Å². The van der Waals surface area contributed by atoms with E-state index < -0.39 is 5.82 Å². The van der Waals surface area contributed by atoms with Crippen LogP contribution in [0.5, 0.6) is 0 Å². The summed E-state index contributed by atoms with van der Waals surface area (Å²) in [6, 6.07) is 4.51. The van der Waals surface area contributed by atoms with Gasteiger partial charge in [-0.05, 0) is 41.0 Å². The lowest BCUT2D eigenvalue weighted by molar-refractivity contribution is 0.480. The summed E-state index contributed by atoms with van der Waals surface area (Å²) in [5.74, 6) is 0.571. The predicted molar refractivity (Wildman–Crippen MR) is 67.1 cm³/mol. The first-order chi connectivity index (χ1) is 8.58. The molecule has 0 atom stereocenters. The van der Waals surface area contributed by atoms with Crippen molar-refractivity contribution in [2.45, 2.75) is 26.8 Å². The number of nitrogens with two attached hydrogens (primary N) is 1. The molecule has 0 unspecified atom stereocenters. The molecule has 0 aliphatic carbocycles. The number of hydrogen-bond acceptors (Lipinski definition) is 4. The highest BCUT2D eigenvalue weighted by Crippen LogP contribution is 2.22. The summed E-state index contributed by atoms with van der Waals surface area (Å²) < 4.78 is 15.4. The molecule has 1 heterocycles. The molecular weight excluding hydrogens is 233 g/mol. The van der Waals surface area contributed by atoms with E-state index in [2.05, 4.69) is 29.4 Å². The maximum absolute atomic E-state index is 13.8. The van der Waals surface area contributed by atoms with E-state index in [1.807, 2.05) is 0 Å². The molecule has 1 aromatic carbocycles. The Morgan fingerprint density at radius 3 is 2.83 bits per heavy atom. The van der Waals surface area contributed by atoms with Crippen LogP contribution in [0.15, 0.2) is 18.2 Å². The number of tetrazole rings is 1. The average Bonchev–Trinajstić information content (AvgIpc) is 2.74. The number of aryl methyl sites for hydroxylation is 1. The quantitative estimate of drug-likeness (QED) is 0.842. The van der Waals surface area contributed by atoms with Gasteiger partial charge in [0.1, 0.15) is 5.82 Å². The lowest BCUT2D eigenvalue weighted by atomic mass is 10.1. The van der Waals surface area contributed by atoms with E-state index >= 15 is 0 Å². The number of nitrogen functional groups attached to an aromatic ring is 1. The van der Waals surface area contributed by atoms with Crippen LogP contribution >= 0.6 is 0 Å². The lowest BCUT2D eigenvalue weighted by Gasteiger charge is -2.07. The maximum atomic E-state index is 13.8. The first kappa shape index (κ1) is 12.5. The number of anilines is 1. The van der Waals surface area contributed by atoms with Gasteiger partial charge in [0, 0.05) is 12.2 Å². The van der Waals surface area contributed by atoms with Crippen LogP contribution in [-0.2, 0) is 6.54 Å². The number of halogens is 1. The third-order valence-electron chi connectivity index (χ3n) is 2.68. The minimum atomic E-state index is -0.407. The van der Waals surface area contributed by atoms with Crippen molar-refractivity contribution in [1.82, 2.24) is 20.2 Å². The summed E-state index contributed by atoms with van der Waals surface area (Å²) in [5, 5.41) is 11.4. The fraction of sp³-hybridized carbons (Fsp3) is 0.417. The third kappa shape index (κ3) is 2.64. The number of rotatable bonds is 4. The van der Waals surface area contributed by atoms with E-state index in [4.69, 9.17) is 5.73 Å². The van der Waals surface area contributed by atoms with Gasteiger partial charge in [0.25, 0.3) is 0 Å². The number of aromatic nitrogens is 4. The van der Waals surface area contributed by atoms with Crippen LogP contribution in [0.1, 0.15) is 20.3 Å². The Hall–Kier alpha value is -1.98. The van der Waals surface area contributed by atoms with Crippen molar-refractivity contribution in [3.63, 3.8) is 0 Å². The van der Waals surface area contributed by atoms with E-state index in [0.717, 1.165) is 6.42 Å². The molecular formula is C12H16FN5. The summed E-state index contributed by atoms with van der Waals surface area (Å²) in [6.07, 6.45) is 0.939. The molecule has 0 bridgehead atoms. The highest BCUT2D eigenvalue weighted by atomic mass is 19.1. The number of hydrogen-bond donors (Lipinski definition) is 1. The molecule has 96 valence electrons. The fourth-order valence-electron chi connectivity index (χ4n) is 1.64. The standard InChI is InChI=1S/C12H16FN5/c1-8(2)5-6-18-12(15-16-17-18)10-4-3-9(14)7-11(10)13/h3-4,7-8H,5-6,14H2,1-2H3. The minimum absolute atomic E-state index is 0.373. The molecule has 2 rings (SSSR count). The smallest absolute Gasteiger partial charge is 0.184 e. The Kier molecular flexibility index (Phi) is 3.55. The topological polar surface area (TPSA) is 69.6 Å². The van der Waals surface area contributed by atoms with Crippen LogP contribution in [0.2, 0.25) is 0 Å². The van der Waals surface area contributed by atoms with Gasteiger partial charge in [-0.2, -0.15) is 0 Å². The first-order valence-electron chi connectivity index (χ1n) is 5.89. The molecule has 0 aliphatic rings. The predicted octanol–water partition coefficient (Wildman–Crippen LogP) is 2.11. The Balaban J connectivity index is 2.30. The van der Waals surface area contributed by atoms with Gasteiger partial charge in [0.05, 0.1) is 5.56 Å². The summed E-state index contributed by atoms with van der Waals surface area (Å²) >= 11 is 0. The maximum Gasteiger partial charge on any atom is 0.184 e. The highest BCUT2D eigenvalue weighted by Gasteiger charge is 2.13. The van der Waals surface area contributed by atoms with E-state index in [1.165, 1.54) is 6.07 Å². The van der Waals surface area contributed by atoms with Crippen molar-refractivity contribution in [1.29, 1.82) is 0 Å². The van der Waals surface area contributed by atoms with Crippen molar-refractivity contribution in [2.24, 2.45) is 5.92 Å². The molecule has 0 spiro atoms. The van der Waals surface area contributed by atoms with E-state index in [9.17, 15) is 4.39 Å². The zero-order chi connectivity index (χ0) is 13.1. The second-order valence-corrected chi connectivity index (χ2v) is 4.65. The Bertz CT molecular complexity index is 535. The molecule has 0 saturated heterocycles. The molecule has 0 radical (unpaired) electrons. The van der Waals surface area contributed by atoms with Crippen LogP contribution in [-0.4, -0.2) is 20.2 Å². The van der Waals surface area contributed by atoms with Gasteiger partial charge < -0.3 is 5.73 Å². The van der Waals surface area contributed by atoms with Crippen molar-refractivity contribution in [3.05, 3.63) is 24.0 Å². The zero-order valence-electron chi connectivity index (χ0n) is 10.5. The molecule has 2 N–H and O–H groups in total. The Labute approximate surface area is 105 Å². The van der Waals surface area contributed by atoms with Crippen molar-refractivity contribution in [3.8, 4) is 11.4 Å². The zero-order valence-corrected chi connectivity index (χ0v) is 10.5. The minimum Gasteiger partial charge on any atom is -0.399 e. The molecule has 0 fully saturated rings. The Morgan fingerprint density at radius 1 is 1.39 bits per heavy atom. The van der Waals surface area contributed by atoms with Gasteiger partial charge in [0.2, 0.25) is 0 Å². The summed E-state index contributed by atoms with van der Waals surface area (Å²) in [7, 11) is 0. The molecule has 18 heavy (non-hydrogen) atoms. The SMILES string of the molecule is CC(C)CCn1nnnc1-c1ccc(N)cc1F. The van der Waals surface area contributed by atoms with Crippen LogP contribution in [0.3, 0.4) is 0 Å². The monoisotopic (exact) mass is 249 g/mol. The lowest BCUT2D eigenvalue weighted by Crippen LogP contribution is -2.06. The fourth-order valence-corrected chi connectivity index (χ4v) is 1.64. The Morgan fingerprint density at radius 2 is 2.17 bits per heavy atom. The normalized spacial score (nSPS) is 11.1. The van der Waals surface area contributed by atoms with Crippen molar-refractivity contribution >= 4 is 5.69 Å². The van der Waals surface area contributed by atoms with Crippen LogP contribution in [0, 0.1) is 11.7 Å². The first-order valence-corrected chi connectivity index (χ1v) is 5.89. The van der Waals surface area contributed by atoms with Gasteiger partial charge in [-0.25, -0.2) is 9.07 Å². The highest BCUT2D eigenvalue weighted by molar-refractivity contribution is 5.59.